The van der Waals surface area contributed by atoms with E-state index in [0.717, 1.165) is 22.3 Å². The topological polar surface area (TPSA) is 76.1 Å². The highest BCUT2D eigenvalue weighted by Gasteiger charge is 2.42. The molecule has 1 unspecified atom stereocenters. The van der Waals surface area contributed by atoms with Crippen LogP contribution in [0.25, 0.3) is 6.08 Å². The van der Waals surface area contributed by atoms with Gasteiger partial charge in [-0.3, -0.25) is 9.59 Å². The molecule has 0 aromatic heterocycles. The molecule has 1 aliphatic rings. The molecular formula is C30H29NO5. The second-order valence-electron chi connectivity index (χ2n) is 8.62. The lowest BCUT2D eigenvalue weighted by Gasteiger charge is -2.27. The van der Waals surface area contributed by atoms with Gasteiger partial charge < -0.3 is 19.5 Å². The first-order valence-electron chi connectivity index (χ1n) is 11.7. The summed E-state index contributed by atoms with van der Waals surface area (Å²) in [4.78, 5) is 28.0. The Kier molecular flexibility index (Phi) is 7.54. The molecule has 1 atom stereocenters. The average Bonchev–Trinajstić information content (AvgIpc) is 3.16. The summed E-state index contributed by atoms with van der Waals surface area (Å²) < 4.78 is 10.7. The molecule has 0 aliphatic carbocycles. The summed E-state index contributed by atoms with van der Waals surface area (Å²) in [7, 11) is 3.15. The third-order valence-corrected chi connectivity index (χ3v) is 6.28. The highest BCUT2D eigenvalue weighted by Crippen LogP contribution is 2.38. The average molecular weight is 484 g/mol. The van der Waals surface area contributed by atoms with E-state index in [1.54, 1.807) is 25.2 Å². The monoisotopic (exact) mass is 483 g/mol. The van der Waals surface area contributed by atoms with E-state index in [0.29, 0.717) is 24.5 Å². The maximum Gasteiger partial charge on any atom is 0.290 e. The van der Waals surface area contributed by atoms with Crippen molar-refractivity contribution in [3.8, 4) is 11.5 Å². The Hall–Kier alpha value is -4.32. The van der Waals surface area contributed by atoms with E-state index >= 15 is 0 Å². The van der Waals surface area contributed by atoms with Gasteiger partial charge in [-0.25, -0.2) is 0 Å². The van der Waals surface area contributed by atoms with Gasteiger partial charge in [-0.15, -0.1) is 0 Å². The molecule has 6 nitrogen and oxygen atoms in total. The van der Waals surface area contributed by atoms with Crippen LogP contribution >= 0.6 is 0 Å². The lowest BCUT2D eigenvalue weighted by Crippen LogP contribution is -2.33. The Bertz CT molecular complexity index is 1310. The fraction of sp³-hybridized carbons (Fsp3) is 0.200. The van der Waals surface area contributed by atoms with Crippen LogP contribution in [-0.2, 0) is 16.0 Å². The van der Waals surface area contributed by atoms with Crippen LogP contribution in [0.2, 0.25) is 0 Å². The summed E-state index contributed by atoms with van der Waals surface area (Å²) >= 11 is 0. The van der Waals surface area contributed by atoms with Crippen molar-refractivity contribution in [1.29, 1.82) is 0 Å². The van der Waals surface area contributed by atoms with Crippen LogP contribution in [0.15, 0.2) is 90.2 Å². The molecule has 1 N–H and O–H groups in total. The molecule has 36 heavy (non-hydrogen) atoms. The molecule has 0 bridgehead atoms. The van der Waals surface area contributed by atoms with Crippen LogP contribution in [0.5, 0.6) is 11.5 Å². The van der Waals surface area contributed by atoms with Crippen LogP contribution in [0.1, 0.15) is 28.3 Å². The molecule has 6 heteroatoms. The molecule has 184 valence electrons. The number of allylic oxidation sites excluding steroid dienone is 1. The minimum atomic E-state index is -0.689. The van der Waals surface area contributed by atoms with Gasteiger partial charge in [0, 0.05) is 6.54 Å². The Morgan fingerprint density at radius 1 is 0.972 bits per heavy atom. The standard InChI is InChI=1S/C30H29NO5/c1-20-9-13-23(14-10-20)28-27(24(32)15-11-21-7-5-4-6-8-21)29(33)30(34)31(28)18-17-22-12-16-25(35-2)26(19-22)36-3/h4-16,19,28,33H,17-18H2,1-3H3/b15-11+. The number of benzene rings is 3. The van der Waals surface area contributed by atoms with Gasteiger partial charge in [-0.05, 0) is 48.2 Å². The third-order valence-electron chi connectivity index (χ3n) is 6.28. The number of hydrogen-bond donors (Lipinski definition) is 1. The zero-order valence-electron chi connectivity index (χ0n) is 20.6. The number of ether oxygens (including phenoxy) is 2. The maximum absolute atomic E-state index is 13.3. The van der Waals surface area contributed by atoms with Gasteiger partial charge in [0.2, 0.25) is 0 Å². The van der Waals surface area contributed by atoms with Gasteiger partial charge in [0.25, 0.3) is 5.91 Å². The smallest absolute Gasteiger partial charge is 0.290 e. The van der Waals surface area contributed by atoms with E-state index in [4.69, 9.17) is 9.47 Å². The summed E-state index contributed by atoms with van der Waals surface area (Å²) in [5.74, 6) is -0.244. The maximum atomic E-state index is 13.3. The number of nitrogens with zero attached hydrogens (tertiary/aromatic N) is 1. The highest BCUT2D eigenvalue weighted by atomic mass is 16.5. The van der Waals surface area contributed by atoms with Crippen molar-refractivity contribution >= 4 is 17.8 Å². The van der Waals surface area contributed by atoms with E-state index in [9.17, 15) is 14.7 Å². The van der Waals surface area contributed by atoms with Crippen LogP contribution in [0.4, 0.5) is 0 Å². The number of ketones is 1. The number of hydrogen-bond acceptors (Lipinski definition) is 5. The summed E-state index contributed by atoms with van der Waals surface area (Å²) in [6, 6.07) is 22.0. The molecule has 0 spiro atoms. The zero-order chi connectivity index (χ0) is 25.7. The van der Waals surface area contributed by atoms with Crippen LogP contribution in [-0.4, -0.2) is 42.5 Å². The van der Waals surface area contributed by atoms with Gasteiger partial charge in [-0.2, -0.15) is 0 Å². The van der Waals surface area contributed by atoms with Gasteiger partial charge >= 0.3 is 0 Å². The Labute approximate surface area is 211 Å². The minimum absolute atomic E-state index is 0.0864. The number of aliphatic hydroxyl groups excluding tert-OH is 1. The molecule has 3 aromatic carbocycles. The number of aliphatic hydroxyl groups is 1. The van der Waals surface area contributed by atoms with Gasteiger partial charge in [-0.1, -0.05) is 72.3 Å². The molecule has 4 rings (SSSR count). The number of rotatable bonds is 9. The van der Waals surface area contributed by atoms with E-state index in [1.807, 2.05) is 79.7 Å². The second kappa shape index (κ2) is 11.0. The highest BCUT2D eigenvalue weighted by molar-refractivity contribution is 6.14. The molecule has 0 saturated carbocycles. The summed E-state index contributed by atoms with van der Waals surface area (Å²) in [5.41, 5.74) is 3.70. The van der Waals surface area contributed by atoms with E-state index < -0.39 is 23.5 Å². The number of aryl methyl sites for hydroxylation is 1. The number of carbonyl (C=O) groups is 2. The molecule has 0 radical (unpaired) electrons. The predicted octanol–water partition coefficient (Wildman–Crippen LogP) is 5.23. The molecule has 1 amide bonds. The largest absolute Gasteiger partial charge is 0.503 e. The van der Waals surface area contributed by atoms with Crippen molar-refractivity contribution in [2.75, 3.05) is 20.8 Å². The quantitative estimate of drug-likeness (QED) is 0.422. The van der Waals surface area contributed by atoms with Crippen molar-refractivity contribution in [3.63, 3.8) is 0 Å². The first-order valence-corrected chi connectivity index (χ1v) is 11.7. The van der Waals surface area contributed by atoms with Gasteiger partial charge in [0.15, 0.2) is 23.0 Å². The molecular weight excluding hydrogens is 454 g/mol. The van der Waals surface area contributed by atoms with Crippen molar-refractivity contribution in [2.24, 2.45) is 0 Å². The van der Waals surface area contributed by atoms with Crippen LogP contribution in [0, 0.1) is 6.92 Å². The number of carbonyl (C=O) groups excluding carboxylic acids is 2. The van der Waals surface area contributed by atoms with Crippen molar-refractivity contribution < 1.29 is 24.2 Å². The number of methoxy groups -OCH3 is 2. The molecule has 3 aromatic rings. The third kappa shape index (κ3) is 5.18. The molecule has 0 saturated heterocycles. The fourth-order valence-corrected chi connectivity index (χ4v) is 4.34. The summed E-state index contributed by atoms with van der Waals surface area (Å²) in [5, 5.41) is 10.8. The summed E-state index contributed by atoms with van der Waals surface area (Å²) in [6.07, 6.45) is 3.60. The van der Waals surface area contributed by atoms with Crippen LogP contribution < -0.4 is 9.47 Å². The Morgan fingerprint density at radius 2 is 1.67 bits per heavy atom. The van der Waals surface area contributed by atoms with Crippen LogP contribution in [0.3, 0.4) is 0 Å². The molecule has 0 fully saturated rings. The van der Waals surface area contributed by atoms with Crippen molar-refractivity contribution in [2.45, 2.75) is 19.4 Å². The molecule has 1 aliphatic heterocycles. The predicted molar refractivity (Wildman–Crippen MR) is 139 cm³/mol. The number of amides is 1. The van der Waals surface area contributed by atoms with Gasteiger partial charge in [0.1, 0.15) is 0 Å². The molecule has 1 heterocycles. The fourth-order valence-electron chi connectivity index (χ4n) is 4.34. The Balaban J connectivity index is 1.64. The lowest BCUT2D eigenvalue weighted by atomic mass is 9.94. The van der Waals surface area contributed by atoms with E-state index in [1.165, 1.54) is 6.08 Å². The zero-order valence-corrected chi connectivity index (χ0v) is 20.6. The first kappa shape index (κ1) is 24.8. The first-order chi connectivity index (χ1) is 17.4. The minimum Gasteiger partial charge on any atom is -0.503 e. The van der Waals surface area contributed by atoms with Crippen molar-refractivity contribution in [1.82, 2.24) is 4.90 Å². The van der Waals surface area contributed by atoms with Crippen molar-refractivity contribution in [3.05, 3.63) is 112 Å². The van der Waals surface area contributed by atoms with Gasteiger partial charge in [0.05, 0.1) is 25.8 Å². The second-order valence-corrected chi connectivity index (χ2v) is 8.62. The Morgan fingerprint density at radius 3 is 2.33 bits per heavy atom. The SMILES string of the molecule is COc1ccc(CCN2C(=O)C(O)=C(C(=O)/C=C/c3ccccc3)C2c2ccc(C)cc2)cc1OC. The van der Waals surface area contributed by atoms with E-state index in [-0.39, 0.29) is 5.57 Å². The lowest BCUT2D eigenvalue weighted by molar-refractivity contribution is -0.129. The summed E-state index contributed by atoms with van der Waals surface area (Å²) in [6.45, 7) is 2.27. The van der Waals surface area contributed by atoms with E-state index in [2.05, 4.69) is 0 Å². The normalized spacial score (nSPS) is 15.6.